The van der Waals surface area contributed by atoms with E-state index in [0.717, 1.165) is 18.9 Å². The van der Waals surface area contributed by atoms with E-state index in [0.29, 0.717) is 43.3 Å². The third-order valence-electron chi connectivity index (χ3n) is 6.08. The molecule has 10 nitrogen and oxygen atoms in total. The number of benzene rings is 2. The van der Waals surface area contributed by atoms with Gasteiger partial charge in [0.25, 0.3) is 10.0 Å². The third kappa shape index (κ3) is 8.28. The highest BCUT2D eigenvalue weighted by molar-refractivity contribution is 7.92. The van der Waals surface area contributed by atoms with E-state index in [2.05, 4.69) is 9.97 Å². The second-order valence-corrected chi connectivity index (χ2v) is 11.3. The number of pyridine rings is 1. The van der Waals surface area contributed by atoms with E-state index in [1.807, 2.05) is 4.72 Å². The van der Waals surface area contributed by atoms with Crippen LogP contribution in [-0.4, -0.2) is 47.8 Å². The van der Waals surface area contributed by atoms with Crippen LogP contribution in [0.3, 0.4) is 0 Å². The molecule has 2 aromatic heterocycles. The van der Waals surface area contributed by atoms with Crippen molar-refractivity contribution in [1.82, 2.24) is 9.97 Å². The predicted octanol–water partition coefficient (Wildman–Crippen LogP) is 5.07. The van der Waals surface area contributed by atoms with E-state index in [9.17, 15) is 35.6 Å². The smallest absolute Gasteiger partial charge is 0.416 e. The fourth-order valence-electron chi connectivity index (χ4n) is 3.80. The molecule has 17 heteroatoms. The number of alkyl halides is 3. The molecule has 0 spiro atoms. The van der Waals surface area contributed by atoms with E-state index in [1.165, 1.54) is 18.5 Å². The number of carboxylic acids is 1. The number of unbranched alkanes of at least 4 members (excludes halogenated alkanes) is 1. The molecule has 2 aromatic carbocycles. The average molecular weight is 662 g/mol. The standard InChI is InChI=1S/C21H11ClF5N3O3S.C6H14N2O2/c22-11-7-13-14(9-29-20(13)28-8-11)19(31)17-15(23)5-6-16(18(17)24)30-34(32,33)12-3-1-10(2-4-12)21(25,26)27;7-4-2-1-3-5(8)6(9)10/h1-9,30H,(H,28,29);5H,1-4,7-8H2,(H,9,10)/t;5-/m.0/s1. The molecular formula is C27H25ClF5N5O5S. The quantitative estimate of drug-likeness (QED) is 0.0887. The minimum atomic E-state index is -4.68. The van der Waals surface area contributed by atoms with Crippen LogP contribution in [0, 0.1) is 11.6 Å². The Labute approximate surface area is 252 Å². The number of aliphatic carboxylic acids is 1. The first-order valence-corrected chi connectivity index (χ1v) is 14.5. The van der Waals surface area contributed by atoms with Gasteiger partial charge in [-0.05, 0) is 61.9 Å². The van der Waals surface area contributed by atoms with Gasteiger partial charge in [-0.1, -0.05) is 18.0 Å². The van der Waals surface area contributed by atoms with Crippen LogP contribution < -0.4 is 16.2 Å². The minimum absolute atomic E-state index is 0.162. The first-order chi connectivity index (χ1) is 20.6. The number of ketones is 1. The number of hydrogen-bond donors (Lipinski definition) is 5. The van der Waals surface area contributed by atoms with Crippen LogP contribution in [0.5, 0.6) is 0 Å². The van der Waals surface area contributed by atoms with Crippen molar-refractivity contribution in [1.29, 1.82) is 0 Å². The van der Waals surface area contributed by atoms with Crippen molar-refractivity contribution in [3.05, 3.63) is 88.2 Å². The second kappa shape index (κ2) is 14.1. The summed E-state index contributed by atoms with van der Waals surface area (Å²) in [7, 11) is -4.57. The average Bonchev–Trinajstić information content (AvgIpc) is 3.37. The van der Waals surface area contributed by atoms with Crippen molar-refractivity contribution in [2.45, 2.75) is 36.4 Å². The molecule has 7 N–H and O–H groups in total. The number of carboxylic acid groups (broad SMARTS) is 1. The van der Waals surface area contributed by atoms with Crippen molar-refractivity contribution >= 4 is 50.1 Å². The molecule has 0 bridgehead atoms. The molecule has 4 aromatic rings. The van der Waals surface area contributed by atoms with E-state index < -0.39 is 67.3 Å². The number of hydrogen-bond acceptors (Lipinski definition) is 7. The molecule has 0 radical (unpaired) electrons. The number of fused-ring (bicyclic) bond motifs is 1. The van der Waals surface area contributed by atoms with Gasteiger partial charge in [0.1, 0.15) is 17.5 Å². The van der Waals surface area contributed by atoms with Gasteiger partial charge in [0.15, 0.2) is 5.82 Å². The molecule has 0 aliphatic rings. The number of halogens is 6. The summed E-state index contributed by atoms with van der Waals surface area (Å²) >= 11 is 5.88. The molecule has 236 valence electrons. The van der Waals surface area contributed by atoms with Crippen LogP contribution in [-0.2, 0) is 21.0 Å². The van der Waals surface area contributed by atoms with Gasteiger partial charge in [0.05, 0.1) is 26.7 Å². The minimum Gasteiger partial charge on any atom is -0.480 e. The lowest BCUT2D eigenvalue weighted by atomic mass is 10.0. The van der Waals surface area contributed by atoms with E-state index >= 15 is 4.39 Å². The Balaban J connectivity index is 0.000000456. The first kappa shape index (κ1) is 34.4. The zero-order chi connectivity index (χ0) is 32.8. The molecule has 0 unspecified atom stereocenters. The summed E-state index contributed by atoms with van der Waals surface area (Å²) < 4.78 is 94.7. The highest BCUT2D eigenvalue weighted by atomic mass is 35.5. The van der Waals surface area contributed by atoms with Gasteiger partial charge in [-0.2, -0.15) is 13.2 Å². The van der Waals surface area contributed by atoms with Crippen molar-refractivity contribution in [3.8, 4) is 0 Å². The van der Waals surface area contributed by atoms with Gasteiger partial charge in [-0.3, -0.25) is 14.3 Å². The molecule has 0 aliphatic carbocycles. The molecule has 1 atom stereocenters. The van der Waals surface area contributed by atoms with Crippen LogP contribution in [0.4, 0.5) is 27.6 Å². The molecule has 0 aliphatic heterocycles. The fourth-order valence-corrected chi connectivity index (χ4v) is 5.02. The lowest BCUT2D eigenvalue weighted by Gasteiger charge is -2.13. The highest BCUT2D eigenvalue weighted by Crippen LogP contribution is 2.31. The van der Waals surface area contributed by atoms with E-state index in [4.69, 9.17) is 28.2 Å². The van der Waals surface area contributed by atoms with Crippen molar-refractivity contribution < 1.29 is 45.1 Å². The second-order valence-electron chi connectivity index (χ2n) is 9.22. The van der Waals surface area contributed by atoms with E-state index in [-0.39, 0.29) is 21.6 Å². The molecule has 0 amide bonds. The summed E-state index contributed by atoms with van der Waals surface area (Å²) in [5, 5.41) is 8.68. The number of aromatic amines is 1. The Morgan fingerprint density at radius 3 is 2.34 bits per heavy atom. The zero-order valence-electron chi connectivity index (χ0n) is 22.5. The zero-order valence-corrected chi connectivity index (χ0v) is 24.0. The van der Waals surface area contributed by atoms with Crippen LogP contribution >= 0.6 is 11.6 Å². The third-order valence-corrected chi connectivity index (χ3v) is 7.67. The Morgan fingerprint density at radius 2 is 1.75 bits per heavy atom. The molecule has 4 rings (SSSR count). The normalized spacial score (nSPS) is 12.4. The van der Waals surface area contributed by atoms with Crippen LogP contribution in [0.15, 0.2) is 59.8 Å². The van der Waals surface area contributed by atoms with E-state index in [1.54, 1.807) is 0 Å². The van der Waals surface area contributed by atoms with Crippen LogP contribution in [0.2, 0.25) is 5.02 Å². The van der Waals surface area contributed by atoms with Crippen molar-refractivity contribution in [2.24, 2.45) is 11.5 Å². The maximum atomic E-state index is 15.1. The highest BCUT2D eigenvalue weighted by Gasteiger charge is 2.31. The summed E-state index contributed by atoms with van der Waals surface area (Å²) in [4.78, 5) is 29.1. The Kier molecular flexibility index (Phi) is 11.0. The van der Waals surface area contributed by atoms with Gasteiger partial charge in [0.2, 0.25) is 5.78 Å². The number of sulfonamides is 1. The fraction of sp³-hybridized carbons (Fsp3) is 0.222. The van der Waals surface area contributed by atoms with Crippen molar-refractivity contribution in [2.75, 3.05) is 11.3 Å². The van der Waals surface area contributed by atoms with Gasteiger partial charge in [-0.25, -0.2) is 22.2 Å². The largest absolute Gasteiger partial charge is 0.480 e. The van der Waals surface area contributed by atoms with Gasteiger partial charge < -0.3 is 21.6 Å². The number of anilines is 1. The summed E-state index contributed by atoms with van der Waals surface area (Å²) in [5.41, 5.74) is 7.58. The molecular weight excluding hydrogens is 637 g/mol. The summed E-state index contributed by atoms with van der Waals surface area (Å²) in [6.45, 7) is 0.604. The van der Waals surface area contributed by atoms with Crippen LogP contribution in [0.25, 0.3) is 11.0 Å². The van der Waals surface area contributed by atoms with Crippen molar-refractivity contribution in [3.63, 3.8) is 0 Å². The van der Waals surface area contributed by atoms with Gasteiger partial charge >= 0.3 is 12.1 Å². The number of nitrogens with zero attached hydrogens (tertiary/aromatic N) is 1. The number of carbonyl (C=O) groups is 2. The number of H-pyrrole nitrogens is 1. The lowest BCUT2D eigenvalue weighted by Crippen LogP contribution is -2.29. The Morgan fingerprint density at radius 1 is 1.09 bits per heavy atom. The number of nitrogens with two attached hydrogens (primary N) is 2. The Hall–Kier alpha value is -4.12. The number of nitrogens with one attached hydrogen (secondary N) is 2. The Bertz CT molecular complexity index is 1770. The maximum Gasteiger partial charge on any atom is 0.416 e. The SMILES string of the molecule is NCCCC[C@H](N)C(=O)O.O=C(c1c(F)ccc(NS(=O)(=O)c2ccc(C(F)(F)F)cc2)c1F)c1c[nH]c2ncc(Cl)cc12. The lowest BCUT2D eigenvalue weighted by molar-refractivity contribution is -0.139. The number of rotatable bonds is 10. The summed E-state index contributed by atoms with van der Waals surface area (Å²) in [6.07, 6.45) is -0.0472. The predicted molar refractivity (Wildman–Crippen MR) is 152 cm³/mol. The molecule has 2 heterocycles. The molecule has 0 saturated heterocycles. The monoisotopic (exact) mass is 661 g/mol. The maximum absolute atomic E-state index is 15.1. The van der Waals surface area contributed by atoms with Crippen LogP contribution in [0.1, 0.15) is 40.7 Å². The summed E-state index contributed by atoms with van der Waals surface area (Å²) in [6, 6.07) is 4.52. The molecule has 44 heavy (non-hydrogen) atoms. The number of aromatic nitrogens is 2. The van der Waals surface area contributed by atoms with Gasteiger partial charge in [-0.15, -0.1) is 0 Å². The summed E-state index contributed by atoms with van der Waals surface area (Å²) in [5.74, 6) is -4.81. The number of carbonyl (C=O) groups excluding carboxylic acids is 1. The molecule has 0 saturated carbocycles. The topological polar surface area (TPSA) is 181 Å². The van der Waals surface area contributed by atoms with Gasteiger partial charge in [0, 0.05) is 23.3 Å². The first-order valence-electron chi connectivity index (χ1n) is 12.6. The molecule has 0 fully saturated rings.